The predicted octanol–water partition coefficient (Wildman–Crippen LogP) is 1.79. The van der Waals surface area contributed by atoms with Crippen LogP contribution in [-0.4, -0.2) is 36.8 Å². The Bertz CT molecular complexity index is 851. The van der Waals surface area contributed by atoms with Crippen LogP contribution in [0.25, 0.3) is 0 Å². The van der Waals surface area contributed by atoms with Gasteiger partial charge in [-0.05, 0) is 43.7 Å². The van der Waals surface area contributed by atoms with Crippen LogP contribution in [0.5, 0.6) is 5.75 Å². The molecule has 0 saturated heterocycles. The minimum absolute atomic E-state index is 0.0142. The van der Waals surface area contributed by atoms with Crippen LogP contribution >= 0.6 is 0 Å². The summed E-state index contributed by atoms with van der Waals surface area (Å²) in [7, 11) is -2.45. The average molecular weight is 363 g/mol. The number of nitrogens with two attached hydrogens (primary N) is 1. The molecule has 0 radical (unpaired) electrons. The van der Waals surface area contributed by atoms with Crippen LogP contribution in [-0.2, 0) is 16.6 Å². The maximum Gasteiger partial charge on any atom is 0.252 e. The largest absolute Gasteiger partial charge is 0.496 e. The topological polar surface area (TPSA) is 103 Å². The third-order valence-electron chi connectivity index (χ3n) is 3.68. The van der Waals surface area contributed by atoms with Crippen molar-refractivity contribution in [1.82, 2.24) is 9.29 Å². The summed E-state index contributed by atoms with van der Waals surface area (Å²) >= 11 is 0. The number of rotatable bonds is 7. The van der Waals surface area contributed by atoms with Crippen LogP contribution in [0.2, 0.25) is 0 Å². The Morgan fingerprint density at radius 1 is 1.32 bits per heavy atom. The second kappa shape index (κ2) is 7.62. The molecule has 0 aliphatic rings. The van der Waals surface area contributed by atoms with Gasteiger partial charge in [0.25, 0.3) is 5.91 Å². The molecule has 0 bridgehead atoms. The highest BCUT2D eigenvalue weighted by atomic mass is 32.2. The fourth-order valence-corrected chi connectivity index (χ4v) is 4.04. The van der Waals surface area contributed by atoms with Crippen LogP contribution in [0.1, 0.15) is 29.8 Å². The molecule has 0 unspecified atom stereocenters. The minimum atomic E-state index is -3.84. The van der Waals surface area contributed by atoms with Gasteiger partial charge in [0.2, 0.25) is 10.0 Å². The van der Waals surface area contributed by atoms with Crippen LogP contribution in [0.3, 0.4) is 0 Å². The number of aromatic nitrogens is 1. The Kier molecular flexibility index (Phi) is 5.76. The van der Waals surface area contributed by atoms with Gasteiger partial charge in [0.1, 0.15) is 5.75 Å². The molecule has 1 amide bonds. The Morgan fingerprint density at radius 2 is 2.04 bits per heavy atom. The summed E-state index contributed by atoms with van der Waals surface area (Å²) in [5.41, 5.74) is 6.12. The SMILES string of the molecule is COc1ccc(S(=O)(=O)N(Cc2cccnc2)C(C)C)cc1C(N)=O. The van der Waals surface area contributed by atoms with Crippen LogP contribution in [0, 0.1) is 0 Å². The number of methoxy groups -OCH3 is 1. The smallest absolute Gasteiger partial charge is 0.252 e. The van der Waals surface area contributed by atoms with E-state index in [2.05, 4.69) is 4.98 Å². The molecule has 0 saturated carbocycles. The number of hydrogen-bond donors (Lipinski definition) is 1. The number of sulfonamides is 1. The monoisotopic (exact) mass is 363 g/mol. The van der Waals surface area contributed by atoms with Crippen molar-refractivity contribution in [3.8, 4) is 5.75 Å². The Hall–Kier alpha value is -2.45. The Balaban J connectivity index is 2.47. The molecule has 134 valence electrons. The van der Waals surface area contributed by atoms with Crippen molar-refractivity contribution in [2.24, 2.45) is 5.73 Å². The second-order valence-corrected chi connectivity index (χ2v) is 7.62. The van der Waals surface area contributed by atoms with Crippen LogP contribution in [0.4, 0.5) is 0 Å². The molecule has 1 heterocycles. The van der Waals surface area contributed by atoms with E-state index in [1.165, 1.54) is 29.6 Å². The normalized spacial score (nSPS) is 11.7. The Labute approximate surface area is 147 Å². The first-order valence-electron chi connectivity index (χ1n) is 7.66. The fraction of sp³-hybridized carbons (Fsp3) is 0.294. The number of nitrogens with zero attached hydrogens (tertiary/aromatic N) is 2. The van der Waals surface area contributed by atoms with Crippen LogP contribution in [0.15, 0.2) is 47.6 Å². The first kappa shape index (κ1) is 18.9. The number of amides is 1. The van der Waals surface area contributed by atoms with E-state index < -0.39 is 15.9 Å². The maximum atomic E-state index is 13.1. The summed E-state index contributed by atoms with van der Waals surface area (Å²) in [6.45, 7) is 3.74. The average Bonchev–Trinajstić information content (AvgIpc) is 2.59. The third-order valence-corrected chi connectivity index (χ3v) is 5.70. The van der Waals surface area contributed by atoms with Gasteiger partial charge < -0.3 is 10.5 Å². The standard InChI is InChI=1S/C17H21N3O4S/c1-12(2)20(11-13-5-4-8-19-10-13)25(22,23)14-6-7-16(24-3)15(9-14)17(18)21/h4-10,12H,11H2,1-3H3,(H2,18,21). The molecular weight excluding hydrogens is 342 g/mol. The molecular formula is C17H21N3O4S. The molecule has 2 N–H and O–H groups in total. The zero-order chi connectivity index (χ0) is 18.6. The summed E-state index contributed by atoms with van der Waals surface area (Å²) in [4.78, 5) is 15.6. The second-order valence-electron chi connectivity index (χ2n) is 5.73. The molecule has 2 rings (SSSR count). The number of pyridine rings is 1. The number of benzene rings is 1. The van der Waals surface area contributed by atoms with Gasteiger partial charge in [-0.3, -0.25) is 9.78 Å². The van der Waals surface area contributed by atoms with E-state index in [9.17, 15) is 13.2 Å². The highest BCUT2D eigenvalue weighted by Gasteiger charge is 2.28. The van der Waals surface area contributed by atoms with Crippen molar-refractivity contribution in [3.05, 3.63) is 53.9 Å². The zero-order valence-corrected chi connectivity index (χ0v) is 15.2. The van der Waals surface area contributed by atoms with Crippen LogP contribution < -0.4 is 10.5 Å². The highest BCUT2D eigenvalue weighted by molar-refractivity contribution is 7.89. The molecule has 0 spiro atoms. The number of carbonyl (C=O) groups is 1. The van der Waals surface area contributed by atoms with E-state index in [4.69, 9.17) is 10.5 Å². The van der Waals surface area contributed by atoms with Gasteiger partial charge in [0.15, 0.2) is 0 Å². The summed E-state index contributed by atoms with van der Waals surface area (Å²) in [5.74, 6) is -0.521. The molecule has 0 fully saturated rings. The van der Waals surface area contributed by atoms with Gasteiger partial charge in [0, 0.05) is 25.0 Å². The van der Waals surface area contributed by atoms with E-state index in [0.29, 0.717) is 0 Å². The van der Waals surface area contributed by atoms with Crippen molar-refractivity contribution in [1.29, 1.82) is 0 Å². The van der Waals surface area contributed by atoms with E-state index in [-0.39, 0.29) is 28.8 Å². The molecule has 1 aromatic heterocycles. The molecule has 0 aliphatic carbocycles. The van der Waals surface area contributed by atoms with E-state index in [0.717, 1.165) is 5.56 Å². The molecule has 25 heavy (non-hydrogen) atoms. The van der Waals surface area contributed by atoms with Gasteiger partial charge in [-0.15, -0.1) is 0 Å². The summed E-state index contributed by atoms with van der Waals surface area (Å²) < 4.78 is 32.5. The van der Waals surface area contributed by atoms with Crippen molar-refractivity contribution in [3.63, 3.8) is 0 Å². The Morgan fingerprint density at radius 3 is 2.56 bits per heavy atom. The highest BCUT2D eigenvalue weighted by Crippen LogP contribution is 2.26. The lowest BCUT2D eigenvalue weighted by atomic mass is 10.2. The number of hydrogen-bond acceptors (Lipinski definition) is 5. The van der Waals surface area contributed by atoms with E-state index in [1.54, 1.807) is 38.4 Å². The third kappa shape index (κ3) is 4.15. The van der Waals surface area contributed by atoms with Gasteiger partial charge in [-0.1, -0.05) is 6.07 Å². The molecule has 1 aromatic carbocycles. The molecule has 0 atom stereocenters. The van der Waals surface area contributed by atoms with Gasteiger partial charge in [-0.25, -0.2) is 8.42 Å². The lowest BCUT2D eigenvalue weighted by molar-refractivity contribution is 0.0997. The summed E-state index contributed by atoms with van der Waals surface area (Å²) in [5, 5.41) is 0. The predicted molar refractivity (Wildman–Crippen MR) is 93.6 cm³/mol. The number of primary amides is 1. The summed E-state index contributed by atoms with van der Waals surface area (Å²) in [6, 6.07) is 7.34. The minimum Gasteiger partial charge on any atom is -0.496 e. The first-order valence-corrected chi connectivity index (χ1v) is 9.10. The number of carbonyl (C=O) groups excluding carboxylic acids is 1. The van der Waals surface area contributed by atoms with Gasteiger partial charge >= 0.3 is 0 Å². The number of ether oxygens (including phenoxy) is 1. The quantitative estimate of drug-likeness (QED) is 0.808. The molecule has 0 aliphatic heterocycles. The fourth-order valence-electron chi connectivity index (χ4n) is 2.39. The van der Waals surface area contributed by atoms with E-state index in [1.807, 2.05) is 0 Å². The van der Waals surface area contributed by atoms with Gasteiger partial charge in [-0.2, -0.15) is 4.31 Å². The molecule has 8 heteroatoms. The molecule has 2 aromatic rings. The van der Waals surface area contributed by atoms with Crippen molar-refractivity contribution in [2.45, 2.75) is 31.3 Å². The van der Waals surface area contributed by atoms with Crippen molar-refractivity contribution in [2.75, 3.05) is 7.11 Å². The van der Waals surface area contributed by atoms with Crippen molar-refractivity contribution >= 4 is 15.9 Å². The lowest BCUT2D eigenvalue weighted by Gasteiger charge is -2.26. The first-order chi connectivity index (χ1) is 11.8. The van der Waals surface area contributed by atoms with Gasteiger partial charge in [0.05, 0.1) is 17.6 Å². The zero-order valence-electron chi connectivity index (χ0n) is 14.3. The maximum absolute atomic E-state index is 13.1. The van der Waals surface area contributed by atoms with E-state index >= 15 is 0 Å². The lowest BCUT2D eigenvalue weighted by Crippen LogP contribution is -2.36. The molecule has 7 nitrogen and oxygen atoms in total. The van der Waals surface area contributed by atoms with Crippen molar-refractivity contribution < 1.29 is 17.9 Å². The summed E-state index contributed by atoms with van der Waals surface area (Å²) in [6.07, 6.45) is 3.24.